The maximum Gasteiger partial charge on any atom is 0.204 e. The first-order valence-corrected chi connectivity index (χ1v) is 4.07. The molecule has 0 atom stereocenters. The Morgan fingerprint density at radius 1 is 1.46 bits per heavy atom. The van der Waals surface area contributed by atoms with Crippen LogP contribution in [-0.2, 0) is 0 Å². The SMILES string of the molecule is COc1cc(C)c2c(c1)C(=O)CO2. The number of carbonyl (C=O) groups excluding carboxylic acids is 1. The first kappa shape index (κ1) is 8.10. The van der Waals surface area contributed by atoms with Crippen LogP contribution in [0.3, 0.4) is 0 Å². The molecule has 68 valence electrons. The molecule has 0 spiro atoms. The average Bonchev–Trinajstić information content (AvgIpc) is 2.48. The van der Waals surface area contributed by atoms with Crippen LogP contribution in [0, 0.1) is 6.92 Å². The summed E-state index contributed by atoms with van der Waals surface area (Å²) in [5.41, 5.74) is 1.58. The second kappa shape index (κ2) is 2.76. The van der Waals surface area contributed by atoms with E-state index in [1.807, 2.05) is 13.0 Å². The van der Waals surface area contributed by atoms with E-state index < -0.39 is 0 Å². The molecule has 0 saturated heterocycles. The van der Waals surface area contributed by atoms with Gasteiger partial charge in [-0.25, -0.2) is 0 Å². The Balaban J connectivity index is 2.60. The van der Waals surface area contributed by atoms with Crippen LogP contribution in [0.15, 0.2) is 12.1 Å². The molecule has 13 heavy (non-hydrogen) atoms. The number of methoxy groups -OCH3 is 1. The Bertz CT molecular complexity index is 369. The molecular formula is C10H10O3. The van der Waals surface area contributed by atoms with E-state index in [-0.39, 0.29) is 12.4 Å². The molecule has 0 fully saturated rings. The monoisotopic (exact) mass is 178 g/mol. The largest absolute Gasteiger partial charge is 0.497 e. The third-order valence-corrected chi connectivity index (χ3v) is 2.13. The molecule has 0 saturated carbocycles. The van der Waals surface area contributed by atoms with E-state index in [1.165, 1.54) is 0 Å². The van der Waals surface area contributed by atoms with Gasteiger partial charge < -0.3 is 9.47 Å². The van der Waals surface area contributed by atoms with Gasteiger partial charge in [-0.3, -0.25) is 4.79 Å². The second-order valence-electron chi connectivity index (χ2n) is 3.03. The maximum atomic E-state index is 11.3. The molecule has 0 aromatic heterocycles. The molecule has 1 aliphatic rings. The van der Waals surface area contributed by atoms with Gasteiger partial charge >= 0.3 is 0 Å². The summed E-state index contributed by atoms with van der Waals surface area (Å²) < 4.78 is 10.3. The van der Waals surface area contributed by atoms with Gasteiger partial charge in [-0.1, -0.05) is 0 Å². The Morgan fingerprint density at radius 3 is 2.92 bits per heavy atom. The van der Waals surface area contributed by atoms with Gasteiger partial charge in [-0.15, -0.1) is 0 Å². The molecule has 1 heterocycles. The van der Waals surface area contributed by atoms with Crippen molar-refractivity contribution in [1.29, 1.82) is 0 Å². The van der Waals surface area contributed by atoms with E-state index in [0.717, 1.165) is 5.56 Å². The van der Waals surface area contributed by atoms with Crippen molar-refractivity contribution in [3.8, 4) is 11.5 Å². The van der Waals surface area contributed by atoms with Crippen molar-refractivity contribution >= 4 is 5.78 Å². The van der Waals surface area contributed by atoms with Crippen LogP contribution in [-0.4, -0.2) is 19.5 Å². The molecule has 0 amide bonds. The highest BCUT2D eigenvalue weighted by molar-refractivity contribution is 6.03. The van der Waals surface area contributed by atoms with Gasteiger partial charge in [0.2, 0.25) is 5.78 Å². The number of ether oxygens (including phenoxy) is 2. The van der Waals surface area contributed by atoms with Gasteiger partial charge in [0.25, 0.3) is 0 Å². The van der Waals surface area contributed by atoms with Gasteiger partial charge in [0.15, 0.2) is 6.61 Å². The molecule has 1 aliphatic heterocycles. The summed E-state index contributed by atoms with van der Waals surface area (Å²) in [5, 5.41) is 0. The fourth-order valence-corrected chi connectivity index (χ4v) is 1.47. The lowest BCUT2D eigenvalue weighted by Crippen LogP contribution is -1.98. The van der Waals surface area contributed by atoms with Gasteiger partial charge in [-0.05, 0) is 24.6 Å². The van der Waals surface area contributed by atoms with E-state index in [4.69, 9.17) is 9.47 Å². The highest BCUT2D eigenvalue weighted by Gasteiger charge is 2.23. The molecule has 3 nitrogen and oxygen atoms in total. The van der Waals surface area contributed by atoms with E-state index in [2.05, 4.69) is 0 Å². The Morgan fingerprint density at radius 2 is 2.23 bits per heavy atom. The predicted octanol–water partition coefficient (Wildman–Crippen LogP) is 1.58. The van der Waals surface area contributed by atoms with Crippen LogP contribution in [0.2, 0.25) is 0 Å². The van der Waals surface area contributed by atoms with Crippen molar-refractivity contribution in [3.63, 3.8) is 0 Å². The number of rotatable bonds is 1. The Kier molecular flexibility index (Phi) is 1.72. The average molecular weight is 178 g/mol. The summed E-state index contributed by atoms with van der Waals surface area (Å²) >= 11 is 0. The molecule has 0 bridgehead atoms. The summed E-state index contributed by atoms with van der Waals surface area (Å²) in [6.45, 7) is 2.06. The summed E-state index contributed by atoms with van der Waals surface area (Å²) in [7, 11) is 1.58. The van der Waals surface area contributed by atoms with E-state index in [9.17, 15) is 4.79 Å². The number of aryl methyl sites for hydroxylation is 1. The molecule has 0 unspecified atom stereocenters. The third kappa shape index (κ3) is 1.16. The lowest BCUT2D eigenvalue weighted by atomic mass is 10.1. The minimum Gasteiger partial charge on any atom is -0.497 e. The van der Waals surface area contributed by atoms with E-state index in [0.29, 0.717) is 17.1 Å². The number of fused-ring (bicyclic) bond motifs is 1. The highest BCUT2D eigenvalue weighted by atomic mass is 16.5. The first-order chi connectivity index (χ1) is 6.22. The van der Waals surface area contributed by atoms with Crippen molar-refractivity contribution in [2.24, 2.45) is 0 Å². The molecule has 2 rings (SSSR count). The molecular weight excluding hydrogens is 168 g/mol. The fraction of sp³-hybridized carbons (Fsp3) is 0.300. The summed E-state index contributed by atoms with van der Waals surface area (Å²) in [6, 6.07) is 3.58. The van der Waals surface area contributed by atoms with Crippen LogP contribution in [0.25, 0.3) is 0 Å². The number of hydrogen-bond donors (Lipinski definition) is 0. The summed E-state index contributed by atoms with van der Waals surface area (Å²) in [6.07, 6.45) is 0. The van der Waals surface area contributed by atoms with Crippen molar-refractivity contribution in [3.05, 3.63) is 23.3 Å². The quantitative estimate of drug-likeness (QED) is 0.655. The maximum absolute atomic E-state index is 11.3. The third-order valence-electron chi connectivity index (χ3n) is 2.13. The van der Waals surface area contributed by atoms with Crippen LogP contribution in [0.1, 0.15) is 15.9 Å². The zero-order valence-electron chi connectivity index (χ0n) is 7.59. The molecule has 3 heteroatoms. The number of carbonyl (C=O) groups is 1. The van der Waals surface area contributed by atoms with E-state index in [1.54, 1.807) is 13.2 Å². The van der Waals surface area contributed by atoms with Crippen LogP contribution >= 0.6 is 0 Å². The van der Waals surface area contributed by atoms with Crippen molar-refractivity contribution in [2.75, 3.05) is 13.7 Å². The zero-order valence-corrected chi connectivity index (χ0v) is 7.59. The molecule has 0 radical (unpaired) electrons. The number of ketones is 1. The van der Waals surface area contributed by atoms with Gasteiger partial charge in [0, 0.05) is 0 Å². The molecule has 0 aliphatic carbocycles. The minimum atomic E-state index is 0.0250. The van der Waals surface area contributed by atoms with Gasteiger partial charge in [0.1, 0.15) is 11.5 Å². The van der Waals surface area contributed by atoms with Gasteiger partial charge in [-0.2, -0.15) is 0 Å². The smallest absolute Gasteiger partial charge is 0.204 e. The highest BCUT2D eigenvalue weighted by Crippen LogP contribution is 2.32. The predicted molar refractivity (Wildman–Crippen MR) is 47.6 cm³/mol. The zero-order chi connectivity index (χ0) is 9.42. The topological polar surface area (TPSA) is 35.5 Å². The molecule has 1 aromatic carbocycles. The minimum absolute atomic E-state index is 0.0250. The first-order valence-electron chi connectivity index (χ1n) is 4.07. The van der Waals surface area contributed by atoms with Gasteiger partial charge in [0.05, 0.1) is 12.7 Å². The van der Waals surface area contributed by atoms with Crippen molar-refractivity contribution < 1.29 is 14.3 Å². The Hall–Kier alpha value is -1.51. The summed E-state index contributed by atoms with van der Waals surface area (Å²) in [5.74, 6) is 1.43. The number of hydrogen-bond acceptors (Lipinski definition) is 3. The molecule has 1 aromatic rings. The van der Waals surface area contributed by atoms with Crippen molar-refractivity contribution in [1.82, 2.24) is 0 Å². The van der Waals surface area contributed by atoms with Crippen LogP contribution in [0.5, 0.6) is 11.5 Å². The number of Topliss-reactive ketones (excluding diaryl/α,β-unsaturated/α-hetero) is 1. The lowest BCUT2D eigenvalue weighted by molar-refractivity contribution is 0.0961. The standard InChI is InChI=1S/C10H10O3/c1-6-3-7(12-2)4-8-9(11)5-13-10(6)8/h3-4H,5H2,1-2H3. The van der Waals surface area contributed by atoms with Crippen molar-refractivity contribution in [2.45, 2.75) is 6.92 Å². The van der Waals surface area contributed by atoms with Crippen LogP contribution < -0.4 is 9.47 Å². The van der Waals surface area contributed by atoms with E-state index >= 15 is 0 Å². The second-order valence-corrected chi connectivity index (χ2v) is 3.03. The normalized spacial score (nSPS) is 13.8. The van der Waals surface area contributed by atoms with Crippen LogP contribution in [0.4, 0.5) is 0 Å². The fourth-order valence-electron chi connectivity index (χ4n) is 1.47. The Labute approximate surface area is 76.3 Å². The summed E-state index contributed by atoms with van der Waals surface area (Å²) in [4.78, 5) is 11.3. The number of benzene rings is 1. The molecule has 0 N–H and O–H groups in total. The lowest BCUT2D eigenvalue weighted by Gasteiger charge is -2.05.